The Morgan fingerprint density at radius 3 is 2.24 bits per heavy atom. The van der Waals surface area contributed by atoms with Gasteiger partial charge in [-0.2, -0.15) is 0 Å². The second-order valence-corrected chi connectivity index (χ2v) is 9.91. The predicted molar refractivity (Wildman–Crippen MR) is 137 cm³/mol. The van der Waals surface area contributed by atoms with Gasteiger partial charge in [0.2, 0.25) is 12.5 Å². The Morgan fingerprint density at radius 1 is 0.902 bits per heavy atom. The summed E-state index contributed by atoms with van der Waals surface area (Å²) >= 11 is 0. The monoisotopic (exact) mass is 568 g/mol. The van der Waals surface area contributed by atoms with E-state index in [4.69, 9.17) is 33.2 Å². The Balaban J connectivity index is 1.46. The fraction of sp³-hybridized carbons (Fsp3) is 0.333. The molecule has 1 aliphatic carbocycles. The van der Waals surface area contributed by atoms with E-state index in [9.17, 15) is 18.4 Å². The number of hydrogen-bond acceptors (Lipinski definition) is 9. The number of cyclic esters (lactones) is 1. The van der Waals surface area contributed by atoms with Gasteiger partial charge in [-0.25, -0.2) is 8.78 Å². The zero-order valence-corrected chi connectivity index (χ0v) is 22.4. The van der Waals surface area contributed by atoms with Gasteiger partial charge in [0, 0.05) is 23.0 Å². The SMILES string of the molecule is COc1cc([C@@H]2c3cc4c(cc3[C@H](OC(=O)Cc3cc(F)ccc3F)[C@H]3COC(=O)[C@@H]23)OCO4)cc(OC)c1OC. The molecule has 6 rings (SSSR count). The fourth-order valence-corrected chi connectivity index (χ4v) is 5.96. The molecule has 0 amide bonds. The first-order chi connectivity index (χ1) is 19.8. The van der Waals surface area contributed by atoms with Crippen LogP contribution in [0.3, 0.4) is 0 Å². The van der Waals surface area contributed by atoms with E-state index in [1.807, 2.05) is 0 Å². The molecular formula is C30H26F2O9. The van der Waals surface area contributed by atoms with E-state index < -0.39 is 53.9 Å². The van der Waals surface area contributed by atoms with Gasteiger partial charge < -0.3 is 33.2 Å². The second kappa shape index (κ2) is 10.5. The van der Waals surface area contributed by atoms with E-state index in [1.165, 1.54) is 21.3 Å². The Morgan fingerprint density at radius 2 is 1.59 bits per heavy atom. The van der Waals surface area contributed by atoms with Gasteiger partial charge in [0.05, 0.1) is 40.3 Å². The molecule has 0 bridgehead atoms. The van der Waals surface area contributed by atoms with Crippen LogP contribution in [0.4, 0.5) is 8.78 Å². The minimum absolute atomic E-state index is 0.00523. The van der Waals surface area contributed by atoms with Crippen LogP contribution in [-0.4, -0.2) is 46.7 Å². The summed E-state index contributed by atoms with van der Waals surface area (Å²) < 4.78 is 67.3. The average molecular weight is 569 g/mol. The summed E-state index contributed by atoms with van der Waals surface area (Å²) in [5.74, 6) is -2.44. The van der Waals surface area contributed by atoms with Gasteiger partial charge in [0.15, 0.2) is 23.0 Å². The van der Waals surface area contributed by atoms with E-state index in [2.05, 4.69) is 0 Å². The molecule has 0 unspecified atom stereocenters. The molecule has 1 saturated heterocycles. The summed E-state index contributed by atoms with van der Waals surface area (Å²) in [4.78, 5) is 26.4. The third-order valence-corrected chi connectivity index (χ3v) is 7.77. The number of hydrogen-bond donors (Lipinski definition) is 0. The van der Waals surface area contributed by atoms with Crippen LogP contribution >= 0.6 is 0 Å². The van der Waals surface area contributed by atoms with E-state index in [-0.39, 0.29) is 19.0 Å². The lowest BCUT2D eigenvalue weighted by Crippen LogP contribution is -2.36. The van der Waals surface area contributed by atoms with Gasteiger partial charge in [0.1, 0.15) is 17.7 Å². The standard InChI is InChI=1S/C30H26F2O9/c1-35-23-7-15(8-24(36-2)29(23)37-3)26-17-10-21-22(40-13-39-21)11-18(17)28(19-12-38-30(34)27(19)26)41-25(33)9-14-6-16(31)4-5-20(14)32/h4-8,10-11,19,26-28H,9,12-13H2,1-3H3/t19-,26+,27+,28-/m0/s1. The third kappa shape index (κ3) is 4.55. The minimum atomic E-state index is -0.932. The molecule has 2 heterocycles. The number of methoxy groups -OCH3 is 3. The lowest BCUT2D eigenvalue weighted by molar-refractivity contribution is -0.153. The van der Waals surface area contributed by atoms with Crippen LogP contribution in [0.15, 0.2) is 42.5 Å². The summed E-state index contributed by atoms with van der Waals surface area (Å²) in [6.45, 7) is -0.00411. The van der Waals surface area contributed by atoms with Crippen molar-refractivity contribution in [1.82, 2.24) is 0 Å². The molecule has 11 heteroatoms. The number of carbonyl (C=O) groups is 2. The molecule has 9 nitrogen and oxygen atoms in total. The summed E-state index contributed by atoms with van der Waals surface area (Å²) in [5.41, 5.74) is 1.78. The van der Waals surface area contributed by atoms with Crippen molar-refractivity contribution in [2.75, 3.05) is 34.7 Å². The number of benzene rings is 3. The molecule has 2 aliphatic heterocycles. The zero-order valence-electron chi connectivity index (χ0n) is 22.4. The molecule has 214 valence electrons. The maximum Gasteiger partial charge on any atom is 0.310 e. The molecule has 0 spiro atoms. The molecule has 4 atom stereocenters. The van der Waals surface area contributed by atoms with Gasteiger partial charge in [-0.05, 0) is 53.6 Å². The number of carbonyl (C=O) groups excluding carboxylic acids is 2. The van der Waals surface area contributed by atoms with E-state index in [1.54, 1.807) is 24.3 Å². The molecule has 3 aromatic rings. The molecule has 0 aromatic heterocycles. The van der Waals surface area contributed by atoms with Crippen molar-refractivity contribution in [3.63, 3.8) is 0 Å². The molecule has 3 aromatic carbocycles. The first kappa shape index (κ1) is 26.7. The molecule has 41 heavy (non-hydrogen) atoms. The van der Waals surface area contributed by atoms with E-state index >= 15 is 0 Å². The number of ether oxygens (including phenoxy) is 7. The fourth-order valence-electron chi connectivity index (χ4n) is 5.96. The first-order valence-electron chi connectivity index (χ1n) is 12.9. The normalized spacial score (nSPS) is 21.9. The van der Waals surface area contributed by atoms with Gasteiger partial charge >= 0.3 is 11.9 Å². The summed E-state index contributed by atoms with van der Waals surface area (Å²) in [6.07, 6.45) is -1.43. The van der Waals surface area contributed by atoms with Crippen LogP contribution in [-0.2, 0) is 25.5 Å². The first-order valence-corrected chi connectivity index (χ1v) is 12.9. The van der Waals surface area contributed by atoms with E-state index in [0.29, 0.717) is 45.4 Å². The quantitative estimate of drug-likeness (QED) is 0.382. The van der Waals surface area contributed by atoms with Gasteiger partial charge in [-0.3, -0.25) is 9.59 Å². The smallest absolute Gasteiger partial charge is 0.310 e. The number of rotatable bonds is 7. The lowest BCUT2D eigenvalue weighted by atomic mass is 9.66. The topological polar surface area (TPSA) is 98.8 Å². The molecule has 1 fully saturated rings. The summed E-state index contributed by atoms with van der Waals surface area (Å²) in [7, 11) is 4.49. The van der Waals surface area contributed by atoms with Crippen molar-refractivity contribution < 1.29 is 51.5 Å². The van der Waals surface area contributed by atoms with Crippen LogP contribution in [0.2, 0.25) is 0 Å². The van der Waals surface area contributed by atoms with Crippen LogP contribution in [0.1, 0.15) is 34.3 Å². The minimum Gasteiger partial charge on any atom is -0.493 e. The highest BCUT2D eigenvalue weighted by Gasteiger charge is 2.54. The molecule has 3 aliphatic rings. The van der Waals surface area contributed by atoms with Crippen molar-refractivity contribution in [1.29, 1.82) is 0 Å². The maximum atomic E-state index is 14.3. The maximum absolute atomic E-state index is 14.3. The Kier molecular flexibility index (Phi) is 6.80. The van der Waals surface area contributed by atoms with Crippen LogP contribution in [0, 0.1) is 23.5 Å². The molecule has 0 N–H and O–H groups in total. The van der Waals surface area contributed by atoms with Gasteiger partial charge in [-0.15, -0.1) is 0 Å². The van der Waals surface area contributed by atoms with Gasteiger partial charge in [-0.1, -0.05) is 0 Å². The Bertz CT molecular complexity index is 1510. The van der Waals surface area contributed by atoms with Crippen molar-refractivity contribution in [3.8, 4) is 28.7 Å². The van der Waals surface area contributed by atoms with E-state index in [0.717, 1.165) is 18.2 Å². The zero-order chi connectivity index (χ0) is 28.8. The van der Waals surface area contributed by atoms with Crippen LogP contribution in [0.25, 0.3) is 0 Å². The van der Waals surface area contributed by atoms with Crippen LogP contribution in [0.5, 0.6) is 28.7 Å². The summed E-state index contributed by atoms with van der Waals surface area (Å²) in [6, 6.07) is 9.90. The van der Waals surface area contributed by atoms with Gasteiger partial charge in [0.25, 0.3) is 0 Å². The molecule has 0 saturated carbocycles. The third-order valence-electron chi connectivity index (χ3n) is 7.77. The number of esters is 2. The summed E-state index contributed by atoms with van der Waals surface area (Å²) in [5, 5.41) is 0. The van der Waals surface area contributed by atoms with Crippen LogP contribution < -0.4 is 23.7 Å². The molecular weight excluding hydrogens is 542 g/mol. The lowest BCUT2D eigenvalue weighted by Gasteiger charge is -2.38. The van der Waals surface area contributed by atoms with Crippen molar-refractivity contribution in [3.05, 3.63) is 76.4 Å². The highest BCUT2D eigenvalue weighted by Crippen LogP contribution is 2.56. The second-order valence-electron chi connectivity index (χ2n) is 9.91. The highest BCUT2D eigenvalue weighted by atomic mass is 19.1. The Labute approximate surface area is 233 Å². The molecule has 0 radical (unpaired) electrons. The highest BCUT2D eigenvalue weighted by molar-refractivity contribution is 5.80. The van der Waals surface area contributed by atoms with Crippen molar-refractivity contribution >= 4 is 11.9 Å². The average Bonchev–Trinajstić information content (AvgIpc) is 3.59. The largest absolute Gasteiger partial charge is 0.493 e. The van der Waals surface area contributed by atoms with Crippen molar-refractivity contribution in [2.24, 2.45) is 11.8 Å². The number of fused-ring (bicyclic) bond motifs is 3. The predicted octanol–water partition coefficient (Wildman–Crippen LogP) is 4.48. The van der Waals surface area contributed by atoms with Crippen molar-refractivity contribution in [2.45, 2.75) is 18.4 Å². The number of halogens is 2. The Hall–Kier alpha value is -4.54.